The SMILES string of the molecule is CCN(C1CCCCC1)S(=O)(=O)c1ccc(OC)c(C(C)(C)C)c1. The van der Waals surface area contributed by atoms with E-state index in [2.05, 4.69) is 20.8 Å². The molecular formula is C19H31NO3S. The molecule has 4 nitrogen and oxygen atoms in total. The Balaban J connectivity index is 2.44. The van der Waals surface area contributed by atoms with Crippen LogP contribution in [0.2, 0.25) is 0 Å². The molecule has 1 saturated carbocycles. The monoisotopic (exact) mass is 353 g/mol. The summed E-state index contributed by atoms with van der Waals surface area (Å²) in [6, 6.07) is 5.38. The molecule has 0 saturated heterocycles. The van der Waals surface area contributed by atoms with Crippen molar-refractivity contribution < 1.29 is 13.2 Å². The molecule has 0 N–H and O–H groups in total. The zero-order valence-corrected chi connectivity index (χ0v) is 16.4. The van der Waals surface area contributed by atoms with Crippen molar-refractivity contribution in [1.82, 2.24) is 4.31 Å². The lowest BCUT2D eigenvalue weighted by molar-refractivity contribution is 0.261. The van der Waals surface area contributed by atoms with Crippen molar-refractivity contribution in [2.24, 2.45) is 0 Å². The van der Waals surface area contributed by atoms with Crippen LogP contribution in [0.4, 0.5) is 0 Å². The molecule has 0 atom stereocenters. The van der Waals surface area contributed by atoms with Crippen LogP contribution in [0.3, 0.4) is 0 Å². The van der Waals surface area contributed by atoms with Crippen LogP contribution < -0.4 is 4.74 Å². The minimum absolute atomic E-state index is 0.133. The normalized spacial score (nSPS) is 17.2. The van der Waals surface area contributed by atoms with Crippen molar-refractivity contribution >= 4 is 10.0 Å². The summed E-state index contributed by atoms with van der Waals surface area (Å²) >= 11 is 0. The van der Waals surface area contributed by atoms with Crippen LogP contribution in [0.1, 0.15) is 65.4 Å². The van der Waals surface area contributed by atoms with E-state index in [1.807, 2.05) is 6.92 Å². The Morgan fingerprint density at radius 2 is 1.79 bits per heavy atom. The van der Waals surface area contributed by atoms with Gasteiger partial charge >= 0.3 is 0 Å². The molecule has 0 heterocycles. The van der Waals surface area contributed by atoms with Gasteiger partial charge in [0.15, 0.2) is 0 Å². The summed E-state index contributed by atoms with van der Waals surface area (Å²) in [5.41, 5.74) is 0.740. The standard InChI is InChI=1S/C19H31NO3S/c1-6-20(15-10-8-7-9-11-15)24(21,22)16-12-13-18(23-5)17(14-16)19(2,3)4/h12-15H,6-11H2,1-5H3. The number of hydrogen-bond acceptors (Lipinski definition) is 3. The summed E-state index contributed by atoms with van der Waals surface area (Å²) in [6.45, 7) is 8.66. The van der Waals surface area contributed by atoms with Gasteiger partial charge in [0.1, 0.15) is 5.75 Å². The number of methoxy groups -OCH3 is 1. The fourth-order valence-electron chi connectivity index (χ4n) is 3.56. The van der Waals surface area contributed by atoms with E-state index < -0.39 is 10.0 Å². The molecule has 5 heteroatoms. The quantitative estimate of drug-likeness (QED) is 0.791. The summed E-state index contributed by atoms with van der Waals surface area (Å²) in [5, 5.41) is 0. The number of nitrogens with zero attached hydrogens (tertiary/aromatic N) is 1. The van der Waals surface area contributed by atoms with Crippen molar-refractivity contribution in [3.63, 3.8) is 0 Å². The summed E-state index contributed by atoms with van der Waals surface area (Å²) in [4.78, 5) is 0.376. The maximum Gasteiger partial charge on any atom is 0.243 e. The van der Waals surface area contributed by atoms with Crippen LogP contribution in [0.5, 0.6) is 5.75 Å². The highest BCUT2D eigenvalue weighted by atomic mass is 32.2. The topological polar surface area (TPSA) is 46.6 Å². The molecular weight excluding hydrogens is 322 g/mol. The molecule has 1 aliphatic rings. The third kappa shape index (κ3) is 3.94. The zero-order chi connectivity index (χ0) is 18.0. The molecule has 0 radical (unpaired) electrons. The fraction of sp³-hybridized carbons (Fsp3) is 0.684. The van der Waals surface area contributed by atoms with Gasteiger partial charge in [0.05, 0.1) is 12.0 Å². The summed E-state index contributed by atoms with van der Waals surface area (Å²) in [6.07, 6.45) is 5.38. The minimum Gasteiger partial charge on any atom is -0.496 e. The first-order valence-corrected chi connectivity index (χ1v) is 10.4. The summed E-state index contributed by atoms with van der Waals surface area (Å²) in [5.74, 6) is 0.738. The van der Waals surface area contributed by atoms with E-state index in [0.29, 0.717) is 11.4 Å². The second-order valence-corrected chi connectivity index (χ2v) is 9.50. The number of sulfonamides is 1. The second kappa shape index (κ2) is 7.44. The first-order valence-electron chi connectivity index (χ1n) is 8.92. The highest BCUT2D eigenvalue weighted by Crippen LogP contribution is 2.35. The Morgan fingerprint density at radius 3 is 2.29 bits per heavy atom. The highest BCUT2D eigenvalue weighted by molar-refractivity contribution is 7.89. The third-order valence-corrected chi connectivity index (χ3v) is 6.90. The Kier molecular flexibility index (Phi) is 5.97. The van der Waals surface area contributed by atoms with Gasteiger partial charge in [-0.25, -0.2) is 8.42 Å². The zero-order valence-electron chi connectivity index (χ0n) is 15.6. The molecule has 1 aromatic rings. The van der Waals surface area contributed by atoms with Crippen molar-refractivity contribution in [1.29, 1.82) is 0 Å². The van der Waals surface area contributed by atoms with E-state index in [0.717, 1.165) is 37.0 Å². The van der Waals surface area contributed by atoms with Gasteiger partial charge in [-0.15, -0.1) is 0 Å². The molecule has 136 valence electrons. The molecule has 0 bridgehead atoms. The number of hydrogen-bond donors (Lipinski definition) is 0. The lowest BCUT2D eigenvalue weighted by Crippen LogP contribution is -2.41. The Morgan fingerprint density at radius 1 is 1.17 bits per heavy atom. The van der Waals surface area contributed by atoms with Crippen molar-refractivity contribution in [3.05, 3.63) is 23.8 Å². The van der Waals surface area contributed by atoms with E-state index in [1.54, 1.807) is 29.6 Å². The van der Waals surface area contributed by atoms with Gasteiger partial charge in [0, 0.05) is 18.2 Å². The van der Waals surface area contributed by atoms with Crippen LogP contribution in [0.15, 0.2) is 23.1 Å². The molecule has 0 amide bonds. The highest BCUT2D eigenvalue weighted by Gasteiger charge is 2.32. The van der Waals surface area contributed by atoms with E-state index in [1.165, 1.54) is 6.42 Å². The van der Waals surface area contributed by atoms with Crippen molar-refractivity contribution in [2.45, 2.75) is 76.2 Å². The molecule has 24 heavy (non-hydrogen) atoms. The number of benzene rings is 1. The van der Waals surface area contributed by atoms with Gasteiger partial charge in [0.25, 0.3) is 0 Å². The van der Waals surface area contributed by atoms with Crippen LogP contribution in [0.25, 0.3) is 0 Å². The molecule has 1 aromatic carbocycles. The molecule has 1 fully saturated rings. The average Bonchev–Trinajstić information content (AvgIpc) is 2.54. The van der Waals surface area contributed by atoms with E-state index in [4.69, 9.17) is 4.74 Å². The number of ether oxygens (including phenoxy) is 1. The molecule has 0 aliphatic heterocycles. The van der Waals surface area contributed by atoms with Crippen LogP contribution in [-0.2, 0) is 15.4 Å². The molecule has 2 rings (SSSR count). The van der Waals surface area contributed by atoms with Crippen molar-refractivity contribution in [3.8, 4) is 5.75 Å². The van der Waals surface area contributed by atoms with Gasteiger partial charge in [0.2, 0.25) is 10.0 Å². The van der Waals surface area contributed by atoms with E-state index >= 15 is 0 Å². The first kappa shape index (κ1) is 19.3. The predicted molar refractivity (Wildman–Crippen MR) is 98.1 cm³/mol. The molecule has 0 unspecified atom stereocenters. The lowest BCUT2D eigenvalue weighted by atomic mass is 9.86. The second-order valence-electron chi connectivity index (χ2n) is 7.61. The fourth-order valence-corrected chi connectivity index (χ4v) is 5.28. The van der Waals surface area contributed by atoms with Gasteiger partial charge in [-0.05, 0) is 36.5 Å². The van der Waals surface area contributed by atoms with Gasteiger partial charge in [-0.2, -0.15) is 4.31 Å². The van der Waals surface area contributed by atoms with E-state index in [-0.39, 0.29) is 11.5 Å². The first-order chi connectivity index (χ1) is 11.2. The van der Waals surface area contributed by atoms with Crippen LogP contribution in [-0.4, -0.2) is 32.4 Å². The number of rotatable bonds is 5. The maximum absolute atomic E-state index is 13.2. The van der Waals surface area contributed by atoms with Gasteiger partial charge in [-0.1, -0.05) is 47.0 Å². The Labute approximate surface area is 147 Å². The predicted octanol–water partition coefficient (Wildman–Crippen LogP) is 4.34. The smallest absolute Gasteiger partial charge is 0.243 e. The van der Waals surface area contributed by atoms with Crippen LogP contribution in [0, 0.1) is 0 Å². The van der Waals surface area contributed by atoms with Crippen LogP contribution >= 0.6 is 0 Å². The van der Waals surface area contributed by atoms with E-state index in [9.17, 15) is 8.42 Å². The summed E-state index contributed by atoms with van der Waals surface area (Å²) in [7, 11) is -1.86. The largest absolute Gasteiger partial charge is 0.496 e. The van der Waals surface area contributed by atoms with Crippen molar-refractivity contribution in [2.75, 3.05) is 13.7 Å². The Hall–Kier alpha value is -1.07. The summed E-state index contributed by atoms with van der Waals surface area (Å²) < 4.78 is 33.6. The van der Waals surface area contributed by atoms with Gasteiger partial charge < -0.3 is 4.74 Å². The van der Waals surface area contributed by atoms with Gasteiger partial charge in [-0.3, -0.25) is 0 Å². The minimum atomic E-state index is -3.48. The third-order valence-electron chi connectivity index (χ3n) is 4.88. The molecule has 1 aliphatic carbocycles. The Bertz CT molecular complexity index is 656. The lowest BCUT2D eigenvalue weighted by Gasteiger charge is -2.33. The maximum atomic E-state index is 13.2. The average molecular weight is 354 g/mol. The molecule has 0 aromatic heterocycles. The molecule has 0 spiro atoms.